The van der Waals surface area contributed by atoms with Crippen LogP contribution in [0.4, 0.5) is 0 Å². The molecule has 2 fully saturated rings. The smallest absolute Gasteiger partial charge is 0.406 e. The zero-order valence-corrected chi connectivity index (χ0v) is 16.8. The van der Waals surface area contributed by atoms with E-state index in [9.17, 15) is 13.2 Å². The van der Waals surface area contributed by atoms with E-state index in [1.807, 2.05) is 7.05 Å². The van der Waals surface area contributed by atoms with Crippen molar-refractivity contribution in [2.75, 3.05) is 66.0 Å². The van der Waals surface area contributed by atoms with Gasteiger partial charge in [-0.25, -0.2) is 9.78 Å². The van der Waals surface area contributed by atoms with Crippen molar-refractivity contribution in [3.05, 3.63) is 28.9 Å². The molecule has 4 heterocycles. The Bertz CT molecular complexity index is 971. The van der Waals surface area contributed by atoms with E-state index in [1.54, 1.807) is 26.9 Å². The molecule has 0 aromatic carbocycles. The Morgan fingerprint density at radius 1 is 1.00 bits per heavy atom. The Hall–Kier alpha value is -1.79. The van der Waals surface area contributed by atoms with E-state index in [2.05, 4.69) is 14.8 Å². The van der Waals surface area contributed by atoms with E-state index >= 15 is 0 Å². The fraction of sp³-hybridized carbons (Fsp3) is 0.647. The third-order valence-corrected chi connectivity index (χ3v) is 7.55. The fourth-order valence-corrected chi connectivity index (χ4v) is 5.28. The van der Waals surface area contributed by atoms with Crippen LogP contribution >= 0.6 is 0 Å². The summed E-state index contributed by atoms with van der Waals surface area (Å²) in [6, 6.07) is 3.46. The maximum Gasteiger partial charge on any atom is 0.421 e. The van der Waals surface area contributed by atoms with E-state index in [4.69, 9.17) is 4.42 Å². The molecule has 0 spiro atoms. The molecule has 0 bridgehead atoms. The number of hydrogen-bond acceptors (Lipinski definition) is 7. The standard InChI is InChI=1S/C17H26N6O4S/c1-19-5-10-21(11-6-19)28(25,26)22-12-7-20(8-13-22)9-14-23-16-15(27-17(23)24)3-2-4-18-16/h2-4H,5-14H2,1H3. The number of fused-ring (bicyclic) bond motifs is 1. The average Bonchev–Trinajstić information content (AvgIpc) is 3.02. The second kappa shape index (κ2) is 7.91. The molecular formula is C17H26N6O4S. The predicted molar refractivity (Wildman–Crippen MR) is 104 cm³/mol. The predicted octanol–water partition coefficient (Wildman–Crippen LogP) is -0.901. The largest absolute Gasteiger partial charge is 0.421 e. The molecule has 0 saturated carbocycles. The minimum Gasteiger partial charge on any atom is -0.406 e. The van der Waals surface area contributed by atoms with Gasteiger partial charge in [-0.1, -0.05) is 0 Å². The van der Waals surface area contributed by atoms with Crippen LogP contribution < -0.4 is 5.76 Å². The molecule has 0 unspecified atom stereocenters. The van der Waals surface area contributed by atoms with Gasteiger partial charge in [-0.2, -0.15) is 17.0 Å². The number of pyridine rings is 1. The third-order valence-electron chi connectivity index (χ3n) is 5.51. The molecular weight excluding hydrogens is 384 g/mol. The van der Waals surface area contributed by atoms with E-state index in [1.165, 1.54) is 4.57 Å². The van der Waals surface area contributed by atoms with Crippen LogP contribution in [-0.4, -0.2) is 102 Å². The number of oxazole rings is 1. The zero-order valence-electron chi connectivity index (χ0n) is 16.0. The molecule has 0 N–H and O–H groups in total. The van der Waals surface area contributed by atoms with Crippen molar-refractivity contribution in [2.45, 2.75) is 6.54 Å². The molecule has 28 heavy (non-hydrogen) atoms. The van der Waals surface area contributed by atoms with E-state index in [0.29, 0.717) is 63.6 Å². The summed E-state index contributed by atoms with van der Waals surface area (Å²) < 4.78 is 35.6. The van der Waals surface area contributed by atoms with Crippen LogP contribution in [0.25, 0.3) is 11.2 Å². The van der Waals surface area contributed by atoms with E-state index in [0.717, 1.165) is 13.1 Å². The summed E-state index contributed by atoms with van der Waals surface area (Å²) in [6.45, 7) is 5.95. The minimum atomic E-state index is -3.39. The van der Waals surface area contributed by atoms with Gasteiger partial charge in [0.1, 0.15) is 0 Å². The van der Waals surface area contributed by atoms with Gasteiger partial charge in [-0.05, 0) is 19.2 Å². The highest BCUT2D eigenvalue weighted by molar-refractivity contribution is 7.86. The van der Waals surface area contributed by atoms with Crippen molar-refractivity contribution >= 4 is 21.4 Å². The molecule has 154 valence electrons. The first-order chi connectivity index (χ1) is 13.4. The van der Waals surface area contributed by atoms with Crippen LogP contribution in [0.2, 0.25) is 0 Å². The SMILES string of the molecule is CN1CCN(S(=O)(=O)N2CCN(CCn3c(=O)oc4cccnc43)CC2)CC1. The fourth-order valence-electron chi connectivity index (χ4n) is 3.70. The first-order valence-electron chi connectivity index (χ1n) is 9.55. The topological polar surface area (TPSA) is 95.1 Å². The Morgan fingerprint density at radius 3 is 2.32 bits per heavy atom. The lowest BCUT2D eigenvalue weighted by Gasteiger charge is -2.39. The molecule has 0 atom stereocenters. The first-order valence-corrected chi connectivity index (χ1v) is 11.0. The molecule has 2 aromatic rings. The molecule has 11 heteroatoms. The highest BCUT2D eigenvalue weighted by Crippen LogP contribution is 2.15. The van der Waals surface area contributed by atoms with Crippen LogP contribution in [-0.2, 0) is 16.8 Å². The van der Waals surface area contributed by atoms with Crippen molar-refractivity contribution in [3.8, 4) is 0 Å². The van der Waals surface area contributed by atoms with Crippen LogP contribution in [0, 0.1) is 0 Å². The molecule has 4 rings (SSSR count). The molecule has 2 aromatic heterocycles. The summed E-state index contributed by atoms with van der Waals surface area (Å²) in [4.78, 5) is 20.6. The molecule has 2 saturated heterocycles. The van der Waals surface area contributed by atoms with E-state index < -0.39 is 16.0 Å². The lowest BCUT2D eigenvalue weighted by molar-refractivity contribution is 0.165. The second-order valence-corrected chi connectivity index (χ2v) is 9.22. The Kier molecular flexibility index (Phi) is 5.52. The Morgan fingerprint density at radius 2 is 1.64 bits per heavy atom. The normalized spacial score (nSPS) is 21.5. The van der Waals surface area contributed by atoms with Gasteiger partial charge in [-0.15, -0.1) is 0 Å². The van der Waals surface area contributed by atoms with Crippen molar-refractivity contribution in [2.24, 2.45) is 0 Å². The van der Waals surface area contributed by atoms with Gasteiger partial charge < -0.3 is 9.32 Å². The minimum absolute atomic E-state index is 0.412. The van der Waals surface area contributed by atoms with Gasteiger partial charge in [0, 0.05) is 71.6 Å². The third kappa shape index (κ3) is 3.85. The molecule has 2 aliphatic rings. The summed E-state index contributed by atoms with van der Waals surface area (Å²) in [5.41, 5.74) is 1.03. The van der Waals surface area contributed by atoms with Crippen LogP contribution in [0.3, 0.4) is 0 Å². The van der Waals surface area contributed by atoms with Crippen molar-refractivity contribution < 1.29 is 12.8 Å². The summed E-state index contributed by atoms with van der Waals surface area (Å²) in [7, 11) is -1.39. The maximum absolute atomic E-state index is 12.8. The van der Waals surface area contributed by atoms with Crippen LogP contribution in [0.5, 0.6) is 0 Å². The van der Waals surface area contributed by atoms with Crippen LogP contribution in [0.1, 0.15) is 0 Å². The maximum atomic E-state index is 12.8. The summed E-state index contributed by atoms with van der Waals surface area (Å²) >= 11 is 0. The van der Waals surface area contributed by atoms with Crippen molar-refractivity contribution in [3.63, 3.8) is 0 Å². The van der Waals surface area contributed by atoms with E-state index in [-0.39, 0.29) is 0 Å². The van der Waals surface area contributed by atoms with Gasteiger partial charge in [0.15, 0.2) is 11.2 Å². The number of likely N-dealkylation sites (N-methyl/N-ethyl adjacent to an activating group) is 1. The number of nitrogens with zero attached hydrogens (tertiary/aromatic N) is 6. The average molecular weight is 411 g/mol. The lowest BCUT2D eigenvalue weighted by atomic mass is 10.3. The first kappa shape index (κ1) is 19.5. The van der Waals surface area contributed by atoms with Gasteiger partial charge >= 0.3 is 5.76 Å². The molecule has 0 amide bonds. The van der Waals surface area contributed by atoms with Gasteiger partial charge in [0.25, 0.3) is 10.2 Å². The highest BCUT2D eigenvalue weighted by atomic mass is 32.2. The quantitative estimate of drug-likeness (QED) is 0.630. The lowest BCUT2D eigenvalue weighted by Crippen LogP contribution is -2.56. The Labute approximate surface area is 164 Å². The van der Waals surface area contributed by atoms with Crippen LogP contribution in [0.15, 0.2) is 27.5 Å². The number of hydrogen-bond donors (Lipinski definition) is 0. The summed E-state index contributed by atoms with van der Waals surface area (Å²) in [5.74, 6) is -0.412. The Balaban J connectivity index is 1.33. The molecule has 0 radical (unpaired) electrons. The molecule has 2 aliphatic heterocycles. The summed E-state index contributed by atoms with van der Waals surface area (Å²) in [5, 5.41) is 0. The number of aromatic nitrogens is 2. The second-order valence-electron chi connectivity index (χ2n) is 7.30. The molecule has 0 aliphatic carbocycles. The molecule has 10 nitrogen and oxygen atoms in total. The van der Waals surface area contributed by atoms with Gasteiger partial charge in [0.2, 0.25) is 0 Å². The monoisotopic (exact) mass is 410 g/mol. The van der Waals surface area contributed by atoms with Crippen molar-refractivity contribution in [1.82, 2.24) is 28.0 Å². The van der Waals surface area contributed by atoms with Gasteiger partial charge in [0.05, 0.1) is 0 Å². The van der Waals surface area contributed by atoms with Gasteiger partial charge in [-0.3, -0.25) is 9.47 Å². The number of piperazine rings is 2. The van der Waals surface area contributed by atoms with Crippen molar-refractivity contribution in [1.29, 1.82) is 0 Å². The number of rotatable bonds is 5. The zero-order chi connectivity index (χ0) is 19.7. The highest BCUT2D eigenvalue weighted by Gasteiger charge is 2.33. The summed E-state index contributed by atoms with van der Waals surface area (Å²) in [6.07, 6.45) is 1.63.